The Morgan fingerprint density at radius 1 is 0.903 bits per heavy atom. The summed E-state index contributed by atoms with van der Waals surface area (Å²) in [5.74, 6) is 1.35. The predicted molar refractivity (Wildman–Crippen MR) is 122 cm³/mol. The van der Waals surface area contributed by atoms with Crippen LogP contribution < -0.4 is 10.2 Å². The molecular formula is C25H28FN5. The molecule has 5 nitrogen and oxygen atoms in total. The van der Waals surface area contributed by atoms with Gasteiger partial charge in [0.1, 0.15) is 23.8 Å². The molecule has 5 rings (SSSR count). The molecule has 2 aliphatic heterocycles. The first-order chi connectivity index (χ1) is 15.2. The highest BCUT2D eigenvalue weighted by Crippen LogP contribution is 2.27. The van der Waals surface area contributed by atoms with Gasteiger partial charge >= 0.3 is 0 Å². The molecule has 3 aromatic rings. The van der Waals surface area contributed by atoms with Crippen molar-refractivity contribution in [1.29, 1.82) is 0 Å². The number of aromatic nitrogens is 2. The zero-order valence-electron chi connectivity index (χ0n) is 17.7. The van der Waals surface area contributed by atoms with Gasteiger partial charge in [-0.3, -0.25) is 4.90 Å². The van der Waals surface area contributed by atoms with Crippen LogP contribution in [0.15, 0.2) is 60.9 Å². The Bertz CT molecular complexity index is 1040. The molecule has 0 radical (unpaired) electrons. The Kier molecular flexibility index (Phi) is 5.80. The van der Waals surface area contributed by atoms with E-state index in [-0.39, 0.29) is 5.82 Å². The van der Waals surface area contributed by atoms with E-state index in [1.54, 1.807) is 12.4 Å². The highest BCUT2D eigenvalue weighted by Gasteiger charge is 2.26. The molecule has 1 N–H and O–H groups in total. The van der Waals surface area contributed by atoms with Crippen molar-refractivity contribution in [2.24, 2.45) is 0 Å². The molecule has 0 bridgehead atoms. The molecule has 1 fully saturated rings. The van der Waals surface area contributed by atoms with Gasteiger partial charge in [0.15, 0.2) is 0 Å². The molecular weight excluding hydrogens is 389 g/mol. The van der Waals surface area contributed by atoms with Gasteiger partial charge in [-0.05, 0) is 55.0 Å². The summed E-state index contributed by atoms with van der Waals surface area (Å²) in [4.78, 5) is 13.9. The summed E-state index contributed by atoms with van der Waals surface area (Å²) in [6, 6.07) is 17.8. The van der Waals surface area contributed by atoms with Gasteiger partial charge in [-0.15, -0.1) is 0 Å². The lowest BCUT2D eigenvalue weighted by Crippen LogP contribution is -2.39. The number of nitrogens with zero attached hydrogens (tertiary/aromatic N) is 4. The second kappa shape index (κ2) is 9.02. The van der Waals surface area contributed by atoms with Gasteiger partial charge in [0.2, 0.25) is 0 Å². The Hall–Kier alpha value is -2.99. The summed E-state index contributed by atoms with van der Waals surface area (Å²) >= 11 is 0. The van der Waals surface area contributed by atoms with Crippen LogP contribution in [0, 0.1) is 5.82 Å². The maximum absolute atomic E-state index is 13.5. The van der Waals surface area contributed by atoms with Crippen molar-refractivity contribution in [3.05, 3.63) is 77.9 Å². The van der Waals surface area contributed by atoms with Crippen LogP contribution in [0.2, 0.25) is 0 Å². The zero-order chi connectivity index (χ0) is 21.0. The van der Waals surface area contributed by atoms with E-state index in [2.05, 4.69) is 49.4 Å². The van der Waals surface area contributed by atoms with Gasteiger partial charge in [-0.1, -0.05) is 30.3 Å². The second-order valence-electron chi connectivity index (χ2n) is 8.46. The van der Waals surface area contributed by atoms with E-state index in [4.69, 9.17) is 0 Å². The lowest BCUT2D eigenvalue weighted by Gasteiger charge is -2.35. The number of anilines is 3. The first kappa shape index (κ1) is 19.9. The molecule has 0 spiro atoms. The van der Waals surface area contributed by atoms with Gasteiger partial charge in [0, 0.05) is 44.0 Å². The largest absolute Gasteiger partial charge is 0.356 e. The smallest absolute Gasteiger partial charge is 0.135 e. The topological polar surface area (TPSA) is 44.3 Å². The number of fused-ring (bicyclic) bond motifs is 1. The molecule has 31 heavy (non-hydrogen) atoms. The molecule has 1 unspecified atom stereocenters. The lowest BCUT2D eigenvalue weighted by molar-refractivity contribution is 0.165. The van der Waals surface area contributed by atoms with Crippen molar-refractivity contribution in [1.82, 2.24) is 14.9 Å². The highest BCUT2D eigenvalue weighted by molar-refractivity contribution is 5.59. The van der Waals surface area contributed by atoms with Crippen LogP contribution in [0.3, 0.4) is 0 Å². The normalized spacial score (nSPS) is 19.5. The van der Waals surface area contributed by atoms with Gasteiger partial charge in [0.25, 0.3) is 0 Å². The molecule has 0 aliphatic carbocycles. The van der Waals surface area contributed by atoms with Crippen LogP contribution in [0.1, 0.15) is 30.4 Å². The maximum atomic E-state index is 13.5. The lowest BCUT2D eigenvalue weighted by atomic mass is 9.97. The van der Waals surface area contributed by atoms with Crippen molar-refractivity contribution in [3.63, 3.8) is 0 Å². The van der Waals surface area contributed by atoms with Crippen molar-refractivity contribution < 1.29 is 4.39 Å². The summed E-state index contributed by atoms with van der Waals surface area (Å²) in [5, 5.41) is 3.18. The fourth-order valence-corrected chi connectivity index (χ4v) is 4.80. The summed E-state index contributed by atoms with van der Waals surface area (Å²) in [6.07, 6.45) is 6.24. The number of rotatable bonds is 4. The minimum Gasteiger partial charge on any atom is -0.356 e. The van der Waals surface area contributed by atoms with Crippen LogP contribution in [0.4, 0.5) is 21.7 Å². The van der Waals surface area contributed by atoms with E-state index < -0.39 is 0 Å². The van der Waals surface area contributed by atoms with E-state index in [1.165, 1.54) is 29.7 Å². The molecule has 1 atom stereocenters. The van der Waals surface area contributed by atoms with E-state index in [9.17, 15) is 4.39 Å². The van der Waals surface area contributed by atoms with Crippen LogP contribution in [0.25, 0.3) is 0 Å². The van der Waals surface area contributed by atoms with E-state index >= 15 is 0 Å². The van der Waals surface area contributed by atoms with Crippen molar-refractivity contribution >= 4 is 17.3 Å². The quantitative estimate of drug-likeness (QED) is 0.662. The number of nitrogens with one attached hydrogen (secondary N) is 1. The van der Waals surface area contributed by atoms with Crippen LogP contribution in [-0.4, -0.2) is 40.5 Å². The second-order valence-corrected chi connectivity index (χ2v) is 8.46. The van der Waals surface area contributed by atoms with Crippen LogP contribution >= 0.6 is 0 Å². The first-order valence-electron chi connectivity index (χ1n) is 11.1. The van der Waals surface area contributed by atoms with Crippen molar-refractivity contribution in [2.75, 3.05) is 29.9 Å². The molecule has 2 aliphatic rings. The third-order valence-electron chi connectivity index (χ3n) is 6.45. The molecule has 160 valence electrons. The molecule has 2 aromatic carbocycles. The zero-order valence-corrected chi connectivity index (χ0v) is 17.7. The first-order valence-corrected chi connectivity index (χ1v) is 11.1. The molecule has 3 heterocycles. The molecule has 1 aromatic heterocycles. The SMILES string of the molecule is Fc1cccc(Nc2cc(N3CCCC(N4CCc5ccccc5C4)CC3)ncn2)c1. The van der Waals surface area contributed by atoms with E-state index in [0.717, 1.165) is 51.3 Å². The van der Waals surface area contributed by atoms with Crippen molar-refractivity contribution in [2.45, 2.75) is 38.3 Å². The number of hydrogen-bond donors (Lipinski definition) is 1. The Labute approximate surface area is 182 Å². The molecule has 1 saturated heterocycles. The maximum Gasteiger partial charge on any atom is 0.135 e. The Morgan fingerprint density at radius 2 is 1.81 bits per heavy atom. The monoisotopic (exact) mass is 417 g/mol. The third kappa shape index (κ3) is 4.69. The Morgan fingerprint density at radius 3 is 2.71 bits per heavy atom. The van der Waals surface area contributed by atoms with Crippen molar-refractivity contribution in [3.8, 4) is 0 Å². The summed E-state index contributed by atoms with van der Waals surface area (Å²) in [6.45, 7) is 4.20. The summed E-state index contributed by atoms with van der Waals surface area (Å²) in [7, 11) is 0. The Balaban J connectivity index is 1.24. The number of hydrogen-bond acceptors (Lipinski definition) is 5. The fourth-order valence-electron chi connectivity index (χ4n) is 4.80. The minimum absolute atomic E-state index is 0.266. The third-order valence-corrected chi connectivity index (χ3v) is 6.45. The van der Waals surface area contributed by atoms with Gasteiger partial charge < -0.3 is 10.2 Å². The molecule has 0 amide bonds. The van der Waals surface area contributed by atoms with Gasteiger partial charge in [0.05, 0.1) is 0 Å². The minimum atomic E-state index is -0.266. The molecule has 6 heteroatoms. The highest BCUT2D eigenvalue weighted by atomic mass is 19.1. The predicted octanol–water partition coefficient (Wildman–Crippen LogP) is 4.78. The molecule has 0 saturated carbocycles. The van der Waals surface area contributed by atoms with E-state index in [0.29, 0.717) is 17.5 Å². The summed E-state index contributed by atoms with van der Waals surface area (Å²) < 4.78 is 13.5. The average molecular weight is 418 g/mol. The number of benzene rings is 2. The summed E-state index contributed by atoms with van der Waals surface area (Å²) in [5.41, 5.74) is 3.68. The van der Waals surface area contributed by atoms with Gasteiger partial charge in [-0.2, -0.15) is 0 Å². The number of halogens is 1. The van der Waals surface area contributed by atoms with E-state index in [1.807, 2.05) is 12.1 Å². The van der Waals surface area contributed by atoms with Crippen LogP contribution in [-0.2, 0) is 13.0 Å². The van der Waals surface area contributed by atoms with Gasteiger partial charge in [-0.25, -0.2) is 14.4 Å². The average Bonchev–Trinajstić information content (AvgIpc) is 3.05. The van der Waals surface area contributed by atoms with Crippen LogP contribution in [0.5, 0.6) is 0 Å². The fraction of sp³-hybridized carbons (Fsp3) is 0.360. The standard InChI is InChI=1S/C25H28FN5/c26-21-7-3-8-22(15-21)29-24-16-25(28-18-27-24)30-12-4-9-23(11-14-30)31-13-10-19-5-1-2-6-20(19)17-31/h1-3,5-8,15-16,18,23H,4,9-14,17H2,(H,27,28,29).